The van der Waals surface area contributed by atoms with E-state index in [1.54, 1.807) is 11.3 Å². The highest BCUT2D eigenvalue weighted by Gasteiger charge is 2.06. The van der Waals surface area contributed by atoms with Gasteiger partial charge in [0.05, 0.1) is 16.4 Å². The summed E-state index contributed by atoms with van der Waals surface area (Å²) in [6, 6.07) is 4.73. The zero-order valence-electron chi connectivity index (χ0n) is 8.64. The molecule has 0 spiro atoms. The Morgan fingerprint density at radius 3 is 2.82 bits per heavy atom. The van der Waals surface area contributed by atoms with Crippen LogP contribution in [-0.2, 0) is 6.54 Å². The molecule has 2 nitrogen and oxygen atoms in total. The van der Waals surface area contributed by atoms with Gasteiger partial charge in [-0.3, -0.25) is 0 Å². The number of hydrogen-bond acceptors (Lipinski definition) is 3. The maximum atomic E-state index is 13.1. The Morgan fingerprint density at radius 2 is 2.18 bits per heavy atom. The molecule has 1 heterocycles. The summed E-state index contributed by atoms with van der Waals surface area (Å²) in [5, 5.41) is 5.19. The molecule has 0 bridgehead atoms. The lowest BCUT2D eigenvalue weighted by molar-refractivity contribution is 0.629. The van der Waals surface area contributed by atoms with Crippen LogP contribution in [0.5, 0.6) is 0 Å². The van der Waals surface area contributed by atoms with Crippen molar-refractivity contribution in [3.05, 3.63) is 43.8 Å². The van der Waals surface area contributed by atoms with Crippen LogP contribution >= 0.6 is 38.9 Å². The number of nitrogens with one attached hydrogen (secondary N) is 1. The van der Waals surface area contributed by atoms with Crippen molar-refractivity contribution in [1.29, 1.82) is 0 Å². The Labute approximate surface area is 116 Å². The molecule has 0 saturated heterocycles. The number of hydrogen-bond donors (Lipinski definition) is 2. The average Bonchev–Trinajstić information content (AvgIpc) is 2.68. The molecule has 0 aliphatic carbocycles. The zero-order valence-corrected chi connectivity index (χ0v) is 11.8. The lowest BCUT2D eigenvalue weighted by Crippen LogP contribution is -2.02. The minimum atomic E-state index is -0.506. The third-order valence-electron chi connectivity index (χ3n) is 2.17. The van der Waals surface area contributed by atoms with Gasteiger partial charge in [-0.15, -0.1) is 11.3 Å². The number of benzene rings is 1. The predicted molar refractivity (Wildman–Crippen MR) is 75.2 cm³/mol. The van der Waals surface area contributed by atoms with E-state index in [-0.39, 0.29) is 5.02 Å². The molecule has 0 unspecified atom stereocenters. The third kappa shape index (κ3) is 3.12. The predicted octanol–water partition coefficient (Wildman–Crippen LogP) is 4.50. The second-order valence-electron chi connectivity index (χ2n) is 3.44. The van der Waals surface area contributed by atoms with E-state index in [1.807, 2.05) is 11.4 Å². The van der Waals surface area contributed by atoms with Crippen LogP contribution in [0.15, 0.2) is 28.1 Å². The van der Waals surface area contributed by atoms with Crippen molar-refractivity contribution in [2.75, 3.05) is 11.1 Å². The number of thiophene rings is 1. The van der Waals surface area contributed by atoms with Gasteiger partial charge in [0.2, 0.25) is 0 Å². The van der Waals surface area contributed by atoms with Crippen LogP contribution in [0.25, 0.3) is 0 Å². The Hall–Kier alpha value is -0.780. The standard InChI is InChI=1S/C11H9BrClFN2S/c12-6-1-7(17-5-6)4-16-11-2-8(13)9(14)3-10(11)15/h1-3,5,16H,4,15H2. The highest BCUT2D eigenvalue weighted by Crippen LogP contribution is 2.27. The molecule has 0 radical (unpaired) electrons. The lowest BCUT2D eigenvalue weighted by Gasteiger charge is -2.09. The van der Waals surface area contributed by atoms with Gasteiger partial charge in [-0.2, -0.15) is 0 Å². The average molecular weight is 336 g/mol. The summed E-state index contributed by atoms with van der Waals surface area (Å²) in [5.41, 5.74) is 6.68. The fourth-order valence-corrected chi connectivity index (χ4v) is 2.90. The second kappa shape index (κ2) is 5.25. The van der Waals surface area contributed by atoms with Gasteiger partial charge in [-0.25, -0.2) is 4.39 Å². The maximum Gasteiger partial charge on any atom is 0.143 e. The van der Waals surface area contributed by atoms with Crippen LogP contribution in [0, 0.1) is 5.82 Å². The van der Waals surface area contributed by atoms with E-state index in [0.717, 1.165) is 9.35 Å². The third-order valence-corrected chi connectivity index (χ3v) is 4.15. The van der Waals surface area contributed by atoms with Gasteiger partial charge < -0.3 is 11.1 Å². The van der Waals surface area contributed by atoms with Gasteiger partial charge in [0, 0.05) is 27.3 Å². The van der Waals surface area contributed by atoms with Gasteiger partial charge >= 0.3 is 0 Å². The van der Waals surface area contributed by atoms with E-state index in [9.17, 15) is 4.39 Å². The summed E-state index contributed by atoms with van der Waals surface area (Å²) in [7, 11) is 0. The summed E-state index contributed by atoms with van der Waals surface area (Å²) in [5.74, 6) is -0.506. The number of nitrogens with two attached hydrogens (primary N) is 1. The molecule has 1 aromatic carbocycles. The highest BCUT2D eigenvalue weighted by molar-refractivity contribution is 9.10. The quantitative estimate of drug-likeness (QED) is 0.811. The molecule has 0 aliphatic rings. The van der Waals surface area contributed by atoms with E-state index < -0.39 is 5.82 Å². The fourth-order valence-electron chi connectivity index (χ4n) is 1.34. The van der Waals surface area contributed by atoms with Crippen molar-refractivity contribution < 1.29 is 4.39 Å². The molecular weight excluding hydrogens is 327 g/mol. The van der Waals surface area contributed by atoms with E-state index in [4.69, 9.17) is 17.3 Å². The number of rotatable bonds is 3. The monoisotopic (exact) mass is 334 g/mol. The van der Waals surface area contributed by atoms with Gasteiger partial charge in [0.1, 0.15) is 5.82 Å². The minimum Gasteiger partial charge on any atom is -0.397 e. The van der Waals surface area contributed by atoms with Crippen LogP contribution in [0.1, 0.15) is 4.88 Å². The van der Waals surface area contributed by atoms with Crippen LogP contribution in [0.3, 0.4) is 0 Å². The number of nitrogen functional groups attached to an aromatic ring is 1. The Balaban J connectivity index is 2.11. The fraction of sp³-hybridized carbons (Fsp3) is 0.0909. The van der Waals surface area contributed by atoms with Crippen LogP contribution in [0.2, 0.25) is 5.02 Å². The van der Waals surface area contributed by atoms with Crippen molar-refractivity contribution in [3.8, 4) is 0 Å². The Morgan fingerprint density at radius 1 is 1.41 bits per heavy atom. The summed E-state index contributed by atoms with van der Waals surface area (Å²) in [4.78, 5) is 1.15. The van der Waals surface area contributed by atoms with Gasteiger partial charge in [-0.05, 0) is 28.1 Å². The first-order valence-corrected chi connectivity index (χ1v) is 6.82. The number of halogens is 3. The molecule has 17 heavy (non-hydrogen) atoms. The van der Waals surface area contributed by atoms with E-state index >= 15 is 0 Å². The van der Waals surface area contributed by atoms with Gasteiger partial charge in [0.15, 0.2) is 0 Å². The van der Waals surface area contributed by atoms with Crippen LogP contribution in [-0.4, -0.2) is 0 Å². The molecule has 90 valence electrons. The Kier molecular flexibility index (Phi) is 3.91. The first kappa shape index (κ1) is 12.7. The smallest absolute Gasteiger partial charge is 0.143 e. The molecule has 2 aromatic rings. The van der Waals surface area contributed by atoms with Gasteiger partial charge in [0.25, 0.3) is 0 Å². The Bertz CT molecular complexity index is 544. The van der Waals surface area contributed by atoms with Gasteiger partial charge in [-0.1, -0.05) is 11.6 Å². The lowest BCUT2D eigenvalue weighted by atomic mass is 10.2. The van der Waals surface area contributed by atoms with E-state index in [0.29, 0.717) is 17.9 Å². The van der Waals surface area contributed by atoms with Crippen LogP contribution < -0.4 is 11.1 Å². The summed E-state index contributed by atoms with van der Waals surface area (Å²) in [6.45, 7) is 0.627. The molecular formula is C11H9BrClFN2S. The molecule has 3 N–H and O–H groups in total. The van der Waals surface area contributed by atoms with E-state index in [1.165, 1.54) is 12.1 Å². The number of anilines is 2. The van der Waals surface area contributed by atoms with Crippen molar-refractivity contribution in [3.63, 3.8) is 0 Å². The summed E-state index contributed by atoms with van der Waals surface area (Å²) in [6.07, 6.45) is 0. The minimum absolute atomic E-state index is 0.0639. The zero-order chi connectivity index (χ0) is 12.4. The summed E-state index contributed by atoms with van der Waals surface area (Å²) < 4.78 is 14.1. The first-order chi connectivity index (χ1) is 8.06. The molecule has 0 amide bonds. The maximum absolute atomic E-state index is 13.1. The SMILES string of the molecule is Nc1cc(F)c(Cl)cc1NCc1cc(Br)cs1. The van der Waals surface area contributed by atoms with Crippen molar-refractivity contribution >= 4 is 50.2 Å². The molecule has 6 heteroatoms. The van der Waals surface area contributed by atoms with Crippen LogP contribution in [0.4, 0.5) is 15.8 Å². The molecule has 1 aromatic heterocycles. The normalized spacial score (nSPS) is 10.5. The molecule has 2 rings (SSSR count). The highest BCUT2D eigenvalue weighted by atomic mass is 79.9. The molecule has 0 aliphatic heterocycles. The molecule has 0 fully saturated rings. The topological polar surface area (TPSA) is 38.0 Å². The second-order valence-corrected chi connectivity index (χ2v) is 5.76. The summed E-state index contributed by atoms with van der Waals surface area (Å²) >= 11 is 10.7. The van der Waals surface area contributed by atoms with Crippen molar-refractivity contribution in [1.82, 2.24) is 0 Å². The molecule has 0 saturated carbocycles. The largest absolute Gasteiger partial charge is 0.397 e. The van der Waals surface area contributed by atoms with Crippen molar-refractivity contribution in [2.45, 2.75) is 6.54 Å². The van der Waals surface area contributed by atoms with Crippen molar-refractivity contribution in [2.24, 2.45) is 0 Å². The van der Waals surface area contributed by atoms with E-state index in [2.05, 4.69) is 21.2 Å². The molecule has 0 atom stereocenters. The first-order valence-electron chi connectivity index (χ1n) is 4.77.